The maximum absolute atomic E-state index is 14.1. The van der Waals surface area contributed by atoms with Crippen LogP contribution >= 0.6 is 0 Å². The smallest absolute Gasteiger partial charge is 0.177 e. The zero-order valence-electron chi connectivity index (χ0n) is 24.3. The second-order valence-corrected chi connectivity index (χ2v) is 11.1. The Morgan fingerprint density at radius 1 is 0.975 bits per heavy atom. The molecular weight excluding hydrogens is 505 g/mol. The first-order valence-corrected chi connectivity index (χ1v) is 15.0. The number of piperazine rings is 1. The fraction of sp³-hybridized carbons (Fsp3) is 0.531. The van der Waals surface area contributed by atoms with E-state index in [2.05, 4.69) is 47.0 Å². The van der Waals surface area contributed by atoms with Crippen molar-refractivity contribution in [2.45, 2.75) is 39.5 Å². The van der Waals surface area contributed by atoms with Crippen LogP contribution in [0.5, 0.6) is 5.75 Å². The number of nitrogens with one attached hydrogen (secondary N) is 1. The number of halogens is 1. The topological polar surface area (TPSA) is 57.0 Å². The molecule has 0 amide bonds. The lowest BCUT2D eigenvalue weighted by Crippen LogP contribution is -2.45. The Kier molecular flexibility index (Phi) is 9.73. The molecule has 1 saturated heterocycles. The van der Waals surface area contributed by atoms with E-state index in [1.54, 1.807) is 6.07 Å². The largest absolute Gasteiger partial charge is 0.492 e. The van der Waals surface area contributed by atoms with E-state index >= 15 is 0 Å². The van der Waals surface area contributed by atoms with Crippen molar-refractivity contribution in [2.24, 2.45) is 0 Å². The molecule has 7 nitrogen and oxygen atoms in total. The van der Waals surface area contributed by atoms with Crippen LogP contribution in [0.1, 0.15) is 39.5 Å². The van der Waals surface area contributed by atoms with Crippen LogP contribution in [0.15, 0.2) is 40.8 Å². The molecule has 0 bridgehead atoms. The number of benzene rings is 2. The van der Waals surface area contributed by atoms with Gasteiger partial charge in [-0.2, -0.15) is 0 Å². The van der Waals surface area contributed by atoms with Gasteiger partial charge >= 0.3 is 0 Å². The number of nitrogens with zero attached hydrogens (tertiary/aromatic N) is 4. The Morgan fingerprint density at radius 2 is 1.75 bits per heavy atom. The molecule has 1 fully saturated rings. The Balaban J connectivity index is 1.39. The Hall–Kier alpha value is -2.94. The summed E-state index contributed by atoms with van der Waals surface area (Å²) in [5, 5.41) is 5.31. The van der Waals surface area contributed by atoms with E-state index in [-0.39, 0.29) is 5.82 Å². The predicted octanol–water partition coefficient (Wildman–Crippen LogP) is 6.21. The molecule has 0 unspecified atom stereocenters. The number of anilines is 1. The van der Waals surface area contributed by atoms with Crippen LogP contribution < -0.4 is 10.1 Å². The minimum Gasteiger partial charge on any atom is -0.492 e. The normalized spacial score (nSPS) is 15.1. The summed E-state index contributed by atoms with van der Waals surface area (Å²) in [4.78, 5) is 12.3. The number of aromatic nitrogens is 1. The molecule has 2 aromatic carbocycles. The van der Waals surface area contributed by atoms with E-state index in [0.29, 0.717) is 28.7 Å². The van der Waals surface area contributed by atoms with Crippen LogP contribution in [0.3, 0.4) is 0 Å². The molecule has 0 saturated carbocycles. The minimum absolute atomic E-state index is 0.294. The highest BCUT2D eigenvalue weighted by Gasteiger charge is 2.19. The van der Waals surface area contributed by atoms with Crippen molar-refractivity contribution in [1.82, 2.24) is 19.7 Å². The van der Waals surface area contributed by atoms with Gasteiger partial charge in [0.15, 0.2) is 5.58 Å². The minimum atomic E-state index is -0.294. The van der Waals surface area contributed by atoms with Crippen molar-refractivity contribution in [1.29, 1.82) is 0 Å². The van der Waals surface area contributed by atoms with Crippen molar-refractivity contribution in [3.63, 3.8) is 0 Å². The standard InChI is InChI=1S/C32H44FN5O2/c1-4-6-13-37(14-7-5-2)20-21-39-25-9-10-28-26(23-25)30(34-12-15-38-18-16-36(3)17-19-38)32-31(35-28)27-22-24(33)8-11-29(27)40-32/h8-11,22-23H,4-7,12-21H2,1-3H3,(H,34,35). The van der Waals surface area contributed by atoms with Crippen molar-refractivity contribution < 1.29 is 13.5 Å². The summed E-state index contributed by atoms with van der Waals surface area (Å²) in [5.74, 6) is 0.529. The van der Waals surface area contributed by atoms with Gasteiger partial charge in [-0.25, -0.2) is 9.37 Å². The Bertz CT molecular complexity index is 1390. The lowest BCUT2D eigenvalue weighted by atomic mass is 10.1. The van der Waals surface area contributed by atoms with Crippen molar-refractivity contribution in [3.8, 4) is 5.75 Å². The molecule has 8 heteroatoms. The number of hydrogen-bond acceptors (Lipinski definition) is 7. The lowest BCUT2D eigenvalue weighted by molar-refractivity contribution is 0.158. The Morgan fingerprint density at radius 3 is 2.50 bits per heavy atom. The molecule has 3 heterocycles. The molecule has 0 spiro atoms. The Labute approximate surface area is 237 Å². The number of likely N-dealkylation sites (N-methyl/N-ethyl adjacent to an activating group) is 1. The van der Waals surface area contributed by atoms with Gasteiger partial charge in [-0.15, -0.1) is 0 Å². The van der Waals surface area contributed by atoms with Gasteiger partial charge in [0, 0.05) is 56.6 Å². The number of pyridine rings is 1. The monoisotopic (exact) mass is 549 g/mol. The second kappa shape index (κ2) is 13.6. The summed E-state index contributed by atoms with van der Waals surface area (Å²) in [6.45, 7) is 14.3. The zero-order chi connectivity index (χ0) is 27.9. The number of hydrogen-bond donors (Lipinski definition) is 1. The third kappa shape index (κ3) is 6.85. The predicted molar refractivity (Wildman–Crippen MR) is 163 cm³/mol. The molecule has 40 heavy (non-hydrogen) atoms. The molecule has 1 aliphatic rings. The summed E-state index contributed by atoms with van der Waals surface area (Å²) in [7, 11) is 2.17. The highest BCUT2D eigenvalue weighted by Crippen LogP contribution is 2.38. The molecule has 4 aromatic rings. The SMILES string of the molecule is CCCCN(CCCC)CCOc1ccc2nc3c(oc4ccc(F)cc43)c(NCCN3CCN(C)CC3)c2c1. The average molecular weight is 550 g/mol. The van der Waals surface area contributed by atoms with Gasteiger partial charge in [-0.05, 0) is 69.4 Å². The van der Waals surface area contributed by atoms with Crippen LogP contribution in [0.25, 0.3) is 33.0 Å². The van der Waals surface area contributed by atoms with Crippen molar-refractivity contribution >= 4 is 38.7 Å². The van der Waals surface area contributed by atoms with Crippen LogP contribution in [0.2, 0.25) is 0 Å². The molecule has 5 rings (SSSR count). The molecular formula is C32H44FN5O2. The summed E-state index contributed by atoms with van der Waals surface area (Å²) in [6, 6.07) is 10.7. The van der Waals surface area contributed by atoms with E-state index < -0.39 is 0 Å². The first-order valence-electron chi connectivity index (χ1n) is 15.0. The van der Waals surface area contributed by atoms with Gasteiger partial charge in [0.25, 0.3) is 0 Å². The molecule has 0 atom stereocenters. The highest BCUT2D eigenvalue weighted by atomic mass is 19.1. The van der Waals surface area contributed by atoms with Crippen molar-refractivity contribution in [3.05, 3.63) is 42.2 Å². The lowest BCUT2D eigenvalue weighted by Gasteiger charge is -2.32. The fourth-order valence-corrected chi connectivity index (χ4v) is 5.46. The third-order valence-corrected chi connectivity index (χ3v) is 7.98. The van der Waals surface area contributed by atoms with Gasteiger partial charge < -0.3 is 19.4 Å². The number of furan rings is 1. The third-order valence-electron chi connectivity index (χ3n) is 7.98. The number of fused-ring (bicyclic) bond motifs is 4. The van der Waals surface area contributed by atoms with Crippen molar-refractivity contribution in [2.75, 3.05) is 77.9 Å². The van der Waals surface area contributed by atoms with E-state index in [1.165, 1.54) is 37.8 Å². The molecule has 0 aliphatic carbocycles. The molecule has 0 radical (unpaired) electrons. The second-order valence-electron chi connectivity index (χ2n) is 11.1. The van der Waals surface area contributed by atoms with E-state index in [0.717, 1.165) is 81.2 Å². The maximum Gasteiger partial charge on any atom is 0.177 e. The van der Waals surface area contributed by atoms with Gasteiger partial charge in [0.2, 0.25) is 0 Å². The first kappa shape index (κ1) is 28.6. The van der Waals surface area contributed by atoms with E-state index in [4.69, 9.17) is 14.1 Å². The molecule has 1 N–H and O–H groups in total. The summed E-state index contributed by atoms with van der Waals surface area (Å²) in [6.07, 6.45) is 4.83. The highest BCUT2D eigenvalue weighted by molar-refractivity contribution is 6.14. The molecule has 216 valence electrons. The fourth-order valence-electron chi connectivity index (χ4n) is 5.46. The summed E-state index contributed by atoms with van der Waals surface area (Å²) >= 11 is 0. The van der Waals surface area contributed by atoms with E-state index in [1.807, 2.05) is 12.1 Å². The first-order chi connectivity index (χ1) is 19.6. The van der Waals surface area contributed by atoms with Gasteiger partial charge in [-0.1, -0.05) is 26.7 Å². The zero-order valence-corrected chi connectivity index (χ0v) is 24.3. The van der Waals surface area contributed by atoms with E-state index in [9.17, 15) is 4.39 Å². The molecule has 2 aromatic heterocycles. The summed E-state index contributed by atoms with van der Waals surface area (Å²) < 4.78 is 26.7. The van der Waals surface area contributed by atoms with Gasteiger partial charge in [0.05, 0.1) is 11.2 Å². The summed E-state index contributed by atoms with van der Waals surface area (Å²) in [5.41, 5.74) is 3.70. The van der Waals surface area contributed by atoms with Gasteiger partial charge in [-0.3, -0.25) is 9.80 Å². The van der Waals surface area contributed by atoms with Crippen LogP contribution in [0.4, 0.5) is 10.1 Å². The molecule has 1 aliphatic heterocycles. The quantitative estimate of drug-likeness (QED) is 0.201. The van der Waals surface area contributed by atoms with Crippen LogP contribution in [-0.4, -0.2) is 92.2 Å². The van der Waals surface area contributed by atoms with Crippen LogP contribution in [-0.2, 0) is 0 Å². The maximum atomic E-state index is 14.1. The number of unbranched alkanes of at least 4 members (excludes halogenated alkanes) is 2. The average Bonchev–Trinajstić information content (AvgIpc) is 3.32. The van der Waals surface area contributed by atoms with Gasteiger partial charge in [0.1, 0.15) is 29.3 Å². The number of rotatable bonds is 14. The number of ether oxygens (including phenoxy) is 1. The van der Waals surface area contributed by atoms with Crippen LogP contribution in [0, 0.1) is 5.82 Å².